The molecule has 0 spiro atoms. The first-order valence-electron chi connectivity index (χ1n) is 12.0. The Morgan fingerprint density at radius 1 is 1.12 bits per heavy atom. The maximum Gasteiger partial charge on any atom is 0.258 e. The molecule has 5 rings (SSSR count). The van der Waals surface area contributed by atoms with Crippen molar-refractivity contribution in [2.45, 2.75) is 50.2 Å². The summed E-state index contributed by atoms with van der Waals surface area (Å²) < 4.78 is 12.1. The van der Waals surface area contributed by atoms with E-state index in [2.05, 4.69) is 21.7 Å². The van der Waals surface area contributed by atoms with Crippen LogP contribution in [0.25, 0.3) is 0 Å². The van der Waals surface area contributed by atoms with E-state index in [0.29, 0.717) is 50.4 Å². The van der Waals surface area contributed by atoms with Crippen molar-refractivity contribution < 1.29 is 24.2 Å². The van der Waals surface area contributed by atoms with Gasteiger partial charge in [0.25, 0.3) is 5.91 Å². The number of amides is 2. The fourth-order valence-corrected chi connectivity index (χ4v) is 5.64. The van der Waals surface area contributed by atoms with Gasteiger partial charge in [0.1, 0.15) is 17.9 Å². The SMILES string of the molecule is O=C1NC[C@H]2O[C@H](CCOc3ccccc3C(=O)N3CCN(Cc4ccsc4)C[C@@H]13)CC[C@@H]2O. The van der Waals surface area contributed by atoms with Crippen LogP contribution in [0, 0.1) is 0 Å². The van der Waals surface area contributed by atoms with E-state index in [0.717, 1.165) is 13.0 Å². The van der Waals surface area contributed by atoms with Crippen LogP contribution < -0.4 is 10.1 Å². The van der Waals surface area contributed by atoms with Crippen molar-refractivity contribution in [3.63, 3.8) is 0 Å². The molecule has 34 heavy (non-hydrogen) atoms. The maximum absolute atomic E-state index is 13.6. The third-order valence-electron chi connectivity index (χ3n) is 6.89. The molecule has 4 heterocycles. The fourth-order valence-electron chi connectivity index (χ4n) is 4.98. The highest BCUT2D eigenvalue weighted by molar-refractivity contribution is 7.07. The summed E-state index contributed by atoms with van der Waals surface area (Å²) in [7, 11) is 0. The molecule has 2 saturated heterocycles. The van der Waals surface area contributed by atoms with Crippen LogP contribution in [-0.4, -0.2) is 83.9 Å². The minimum absolute atomic E-state index is 0.0524. The molecule has 2 N–H and O–H groups in total. The number of hydrogen-bond donors (Lipinski definition) is 2. The summed E-state index contributed by atoms with van der Waals surface area (Å²) in [5.41, 5.74) is 1.68. The number of ether oxygens (including phenoxy) is 2. The topological polar surface area (TPSA) is 91.3 Å². The molecule has 4 atom stereocenters. The van der Waals surface area contributed by atoms with Crippen molar-refractivity contribution in [1.29, 1.82) is 0 Å². The molecule has 2 bridgehead atoms. The number of aliphatic hydroxyl groups excluding tert-OH is 1. The highest BCUT2D eigenvalue weighted by Crippen LogP contribution is 2.26. The standard InChI is InChI=1S/C25H31N3O5S/c29-21-6-5-18-7-11-32-22-4-2-1-3-19(22)25(31)28-10-9-27(14-17-8-12-34-16-17)15-20(28)24(30)26-13-23(21)33-18/h1-4,8,12,16,18,20-21,23,29H,5-7,9-11,13-15H2,(H,26,30)/t18-,20-,21-,23+/m0/s1. The zero-order valence-corrected chi connectivity index (χ0v) is 19.9. The molecule has 0 aliphatic carbocycles. The Balaban J connectivity index is 1.42. The predicted molar refractivity (Wildman–Crippen MR) is 128 cm³/mol. The van der Waals surface area contributed by atoms with Gasteiger partial charge in [0.05, 0.1) is 24.4 Å². The molecule has 2 amide bonds. The molecular formula is C25H31N3O5S. The molecule has 182 valence electrons. The number of aliphatic hydroxyl groups is 1. The number of nitrogens with zero attached hydrogens (tertiary/aromatic N) is 2. The Morgan fingerprint density at radius 2 is 2.00 bits per heavy atom. The minimum atomic E-state index is -0.646. The van der Waals surface area contributed by atoms with Gasteiger partial charge in [-0.3, -0.25) is 14.5 Å². The minimum Gasteiger partial charge on any atom is -0.493 e. The molecule has 3 aliphatic heterocycles. The number of benzene rings is 1. The zero-order valence-electron chi connectivity index (χ0n) is 19.1. The molecule has 0 radical (unpaired) electrons. The maximum atomic E-state index is 13.6. The summed E-state index contributed by atoms with van der Waals surface area (Å²) in [6.45, 7) is 2.94. The van der Waals surface area contributed by atoms with E-state index >= 15 is 0 Å². The van der Waals surface area contributed by atoms with Gasteiger partial charge in [-0.05, 0) is 47.4 Å². The van der Waals surface area contributed by atoms with Crippen molar-refractivity contribution in [2.24, 2.45) is 0 Å². The number of nitrogens with one attached hydrogen (secondary N) is 1. The normalized spacial score (nSPS) is 28.8. The predicted octanol–water partition coefficient (Wildman–Crippen LogP) is 1.88. The summed E-state index contributed by atoms with van der Waals surface area (Å²) in [5, 5.41) is 17.5. The average molecular weight is 486 g/mol. The average Bonchev–Trinajstić information content (AvgIpc) is 3.36. The number of rotatable bonds is 2. The third kappa shape index (κ3) is 5.12. The van der Waals surface area contributed by atoms with Crippen LogP contribution in [0.3, 0.4) is 0 Å². The molecule has 8 nitrogen and oxygen atoms in total. The lowest BCUT2D eigenvalue weighted by molar-refractivity contribution is -0.135. The van der Waals surface area contributed by atoms with E-state index in [-0.39, 0.29) is 24.5 Å². The summed E-state index contributed by atoms with van der Waals surface area (Å²) in [4.78, 5) is 30.9. The van der Waals surface area contributed by atoms with Gasteiger partial charge in [0, 0.05) is 39.1 Å². The molecule has 1 aromatic heterocycles. The second-order valence-corrected chi connectivity index (χ2v) is 9.98. The van der Waals surface area contributed by atoms with E-state index in [1.807, 2.05) is 17.5 Å². The first kappa shape index (κ1) is 23.3. The fraction of sp³-hybridized carbons (Fsp3) is 0.520. The molecule has 1 aromatic carbocycles. The lowest BCUT2D eigenvalue weighted by atomic mass is 9.99. The molecule has 9 heteroatoms. The second-order valence-electron chi connectivity index (χ2n) is 9.20. The highest BCUT2D eigenvalue weighted by atomic mass is 32.1. The Bertz CT molecular complexity index is 1000. The number of hydrogen-bond acceptors (Lipinski definition) is 7. The van der Waals surface area contributed by atoms with E-state index < -0.39 is 18.2 Å². The van der Waals surface area contributed by atoms with Crippen molar-refractivity contribution in [3.8, 4) is 5.75 Å². The van der Waals surface area contributed by atoms with Gasteiger partial charge in [0.15, 0.2) is 0 Å². The van der Waals surface area contributed by atoms with Crippen LogP contribution in [-0.2, 0) is 16.1 Å². The van der Waals surface area contributed by atoms with Gasteiger partial charge in [-0.25, -0.2) is 0 Å². The van der Waals surface area contributed by atoms with Crippen molar-refractivity contribution in [3.05, 3.63) is 52.2 Å². The Kier molecular flexibility index (Phi) is 7.15. The molecule has 2 fully saturated rings. The number of piperazine rings is 1. The Hall–Kier alpha value is -2.46. The lowest BCUT2D eigenvalue weighted by Crippen LogP contribution is -2.61. The van der Waals surface area contributed by atoms with E-state index in [4.69, 9.17) is 9.47 Å². The second kappa shape index (κ2) is 10.4. The summed E-state index contributed by atoms with van der Waals surface area (Å²) in [5.74, 6) is 0.105. The largest absolute Gasteiger partial charge is 0.493 e. The summed E-state index contributed by atoms with van der Waals surface area (Å²) >= 11 is 1.65. The molecule has 0 saturated carbocycles. The quantitative estimate of drug-likeness (QED) is 0.675. The van der Waals surface area contributed by atoms with Gasteiger partial charge >= 0.3 is 0 Å². The van der Waals surface area contributed by atoms with Crippen molar-refractivity contribution in [2.75, 3.05) is 32.8 Å². The molecule has 0 unspecified atom stereocenters. The summed E-state index contributed by atoms with van der Waals surface area (Å²) in [6.07, 6.45) is 0.887. The molecule has 2 aromatic rings. The van der Waals surface area contributed by atoms with E-state index in [1.54, 1.807) is 28.4 Å². The van der Waals surface area contributed by atoms with Crippen LogP contribution in [0.4, 0.5) is 0 Å². The van der Waals surface area contributed by atoms with Gasteiger partial charge in [-0.2, -0.15) is 11.3 Å². The van der Waals surface area contributed by atoms with Crippen LogP contribution in [0.15, 0.2) is 41.1 Å². The lowest BCUT2D eigenvalue weighted by Gasteiger charge is -2.41. The molecule has 3 aliphatic rings. The number of fused-ring (bicyclic) bond motifs is 4. The van der Waals surface area contributed by atoms with Crippen LogP contribution in [0.1, 0.15) is 35.2 Å². The number of thiophene rings is 1. The van der Waals surface area contributed by atoms with Gasteiger partial charge < -0.3 is 24.8 Å². The van der Waals surface area contributed by atoms with Crippen LogP contribution in [0.5, 0.6) is 5.75 Å². The smallest absolute Gasteiger partial charge is 0.258 e. The molecular weight excluding hydrogens is 454 g/mol. The number of carbonyl (C=O) groups excluding carboxylic acids is 2. The van der Waals surface area contributed by atoms with Gasteiger partial charge in [0.2, 0.25) is 5.91 Å². The van der Waals surface area contributed by atoms with E-state index in [1.165, 1.54) is 5.56 Å². The number of para-hydroxylation sites is 1. The van der Waals surface area contributed by atoms with Crippen molar-refractivity contribution >= 4 is 23.2 Å². The van der Waals surface area contributed by atoms with Crippen molar-refractivity contribution in [1.82, 2.24) is 15.1 Å². The third-order valence-corrected chi connectivity index (χ3v) is 7.62. The first-order valence-corrected chi connectivity index (χ1v) is 12.9. The zero-order chi connectivity index (χ0) is 23.5. The summed E-state index contributed by atoms with van der Waals surface area (Å²) in [6, 6.07) is 8.67. The Morgan fingerprint density at radius 3 is 2.85 bits per heavy atom. The van der Waals surface area contributed by atoms with Gasteiger partial charge in [-0.15, -0.1) is 0 Å². The van der Waals surface area contributed by atoms with Gasteiger partial charge in [-0.1, -0.05) is 12.1 Å². The van der Waals surface area contributed by atoms with E-state index in [9.17, 15) is 14.7 Å². The first-order chi connectivity index (χ1) is 16.6. The monoisotopic (exact) mass is 485 g/mol. The Labute approximate surface area is 203 Å². The van der Waals surface area contributed by atoms with Crippen LogP contribution in [0.2, 0.25) is 0 Å². The van der Waals surface area contributed by atoms with Crippen LogP contribution >= 0.6 is 11.3 Å². The highest BCUT2D eigenvalue weighted by Gasteiger charge is 2.38. The number of carbonyl (C=O) groups is 2.